The third-order valence-corrected chi connectivity index (χ3v) is 1.55. The first-order chi connectivity index (χ1) is 5.15. The highest BCUT2D eigenvalue weighted by atomic mass is 19.1. The summed E-state index contributed by atoms with van der Waals surface area (Å²) >= 11 is 0. The zero-order valence-electron chi connectivity index (χ0n) is 6.06. The molecule has 1 aliphatic carbocycles. The normalized spacial score (nSPS) is 24.5. The fourth-order valence-corrected chi connectivity index (χ4v) is 1.02. The molecule has 0 N–H and O–H groups in total. The van der Waals surface area contributed by atoms with Gasteiger partial charge in [-0.3, -0.25) is 0 Å². The number of halogens is 2. The lowest BCUT2D eigenvalue weighted by Gasteiger charge is -2.11. The molecule has 1 unspecified atom stereocenters. The number of rotatable bonds is 0. The monoisotopic (exact) mass is 155 g/mol. The minimum Gasteiger partial charge on any atom is -0.210 e. The van der Waals surface area contributed by atoms with Gasteiger partial charge >= 0.3 is 0 Å². The Kier molecular flexibility index (Phi) is 2.04. The quantitative estimate of drug-likeness (QED) is 0.527. The Morgan fingerprint density at radius 3 is 2.73 bits per heavy atom. The van der Waals surface area contributed by atoms with Gasteiger partial charge in [0, 0.05) is 6.42 Å². The van der Waals surface area contributed by atoms with Crippen LogP contribution in [-0.2, 0) is 0 Å². The maximum Gasteiger partial charge on any atom is 0.139 e. The van der Waals surface area contributed by atoms with Crippen LogP contribution in [-0.4, -0.2) is 0 Å². The molecule has 11 heavy (non-hydrogen) atoms. The minimum atomic E-state index is -0.733. The molecule has 1 aliphatic rings. The van der Waals surface area contributed by atoms with Crippen molar-refractivity contribution in [3.05, 3.63) is 23.3 Å². The van der Waals surface area contributed by atoms with Gasteiger partial charge in [0.2, 0.25) is 0 Å². The van der Waals surface area contributed by atoms with Crippen LogP contribution in [0.4, 0.5) is 8.78 Å². The lowest BCUT2D eigenvalue weighted by molar-refractivity contribution is 0.500. The predicted octanol–water partition coefficient (Wildman–Crippen LogP) is 2.63. The molecule has 0 bridgehead atoms. The van der Waals surface area contributed by atoms with Crippen LogP contribution in [0, 0.1) is 17.2 Å². The summed E-state index contributed by atoms with van der Waals surface area (Å²) in [5.74, 6) is -1.52. The molecule has 0 radical (unpaired) electrons. The molecule has 1 nitrogen and oxygen atoms in total. The number of hydrogen-bond acceptors (Lipinski definition) is 1. The zero-order valence-corrected chi connectivity index (χ0v) is 6.06. The molecule has 0 saturated carbocycles. The maximum absolute atomic E-state index is 12.7. The smallest absolute Gasteiger partial charge is 0.139 e. The van der Waals surface area contributed by atoms with E-state index in [1.165, 1.54) is 12.1 Å². The van der Waals surface area contributed by atoms with E-state index >= 15 is 0 Å². The van der Waals surface area contributed by atoms with E-state index < -0.39 is 17.2 Å². The molecule has 58 valence electrons. The van der Waals surface area contributed by atoms with Gasteiger partial charge in [-0.2, -0.15) is 5.26 Å². The molecule has 0 fully saturated rings. The molecule has 0 heterocycles. The summed E-state index contributed by atoms with van der Waals surface area (Å²) in [5.41, 5.74) is -0.442. The number of hydrogen-bond donors (Lipinski definition) is 0. The summed E-state index contributed by atoms with van der Waals surface area (Å²) in [6, 6.07) is 1.49. The van der Waals surface area contributed by atoms with Gasteiger partial charge in [-0.25, -0.2) is 8.78 Å². The summed E-state index contributed by atoms with van der Waals surface area (Å²) in [6.45, 7) is 1.70. The fourth-order valence-electron chi connectivity index (χ4n) is 1.02. The Morgan fingerprint density at radius 2 is 2.27 bits per heavy atom. The van der Waals surface area contributed by atoms with E-state index in [1.807, 2.05) is 0 Å². The van der Waals surface area contributed by atoms with Gasteiger partial charge in [0.15, 0.2) is 0 Å². The summed E-state index contributed by atoms with van der Waals surface area (Å²) in [6.07, 6.45) is 1.40. The van der Waals surface area contributed by atoms with Crippen LogP contribution in [0.5, 0.6) is 0 Å². The molecule has 0 spiro atoms. The second kappa shape index (κ2) is 2.83. The van der Waals surface area contributed by atoms with E-state index in [4.69, 9.17) is 5.26 Å². The number of allylic oxidation sites excluding steroid dienone is 4. The standard InChI is InChI=1S/C8H7F2N/c1-5-2-7(9)6(4-11)8(10)3-5/h2,5H,3H2,1H3. The van der Waals surface area contributed by atoms with Crippen molar-refractivity contribution in [1.82, 2.24) is 0 Å². The first-order valence-electron chi connectivity index (χ1n) is 3.31. The Hall–Kier alpha value is -1.17. The molecule has 0 aromatic rings. The highest BCUT2D eigenvalue weighted by Gasteiger charge is 2.19. The molecule has 0 aliphatic heterocycles. The van der Waals surface area contributed by atoms with Crippen molar-refractivity contribution in [2.45, 2.75) is 13.3 Å². The minimum absolute atomic E-state index is 0.135. The van der Waals surface area contributed by atoms with Gasteiger partial charge in [-0.1, -0.05) is 6.92 Å². The van der Waals surface area contributed by atoms with Crippen LogP contribution < -0.4 is 0 Å². The first kappa shape index (κ1) is 7.93. The average Bonchev–Trinajstić information content (AvgIpc) is 1.85. The summed E-state index contributed by atoms with van der Waals surface area (Å²) in [7, 11) is 0. The van der Waals surface area contributed by atoms with Crippen LogP contribution in [0.3, 0.4) is 0 Å². The highest BCUT2D eigenvalue weighted by Crippen LogP contribution is 2.29. The Balaban J connectivity index is 3.02. The number of nitriles is 1. The topological polar surface area (TPSA) is 23.8 Å². The zero-order chi connectivity index (χ0) is 8.43. The number of nitrogens with zero attached hydrogens (tertiary/aromatic N) is 1. The molecule has 0 aromatic carbocycles. The van der Waals surface area contributed by atoms with Gasteiger partial charge in [-0.05, 0) is 12.0 Å². The molecule has 0 aromatic heterocycles. The van der Waals surface area contributed by atoms with E-state index in [0.717, 1.165) is 0 Å². The van der Waals surface area contributed by atoms with Crippen LogP contribution in [0.2, 0.25) is 0 Å². The molecular weight excluding hydrogens is 148 g/mol. The van der Waals surface area contributed by atoms with Crippen molar-refractivity contribution in [3.63, 3.8) is 0 Å². The van der Waals surface area contributed by atoms with Crippen molar-refractivity contribution >= 4 is 0 Å². The lowest BCUT2D eigenvalue weighted by atomic mass is 9.97. The predicted molar refractivity (Wildman–Crippen MR) is 36.7 cm³/mol. The Bertz CT molecular complexity index is 270. The highest BCUT2D eigenvalue weighted by molar-refractivity contribution is 5.42. The van der Waals surface area contributed by atoms with Crippen LogP contribution in [0.1, 0.15) is 13.3 Å². The molecular formula is C8H7F2N. The molecule has 1 rings (SSSR count). The van der Waals surface area contributed by atoms with Gasteiger partial charge in [0.05, 0.1) is 0 Å². The van der Waals surface area contributed by atoms with Gasteiger partial charge in [0.25, 0.3) is 0 Å². The fraction of sp³-hybridized carbons (Fsp3) is 0.375. The van der Waals surface area contributed by atoms with Gasteiger partial charge in [0.1, 0.15) is 23.3 Å². The average molecular weight is 155 g/mol. The van der Waals surface area contributed by atoms with Gasteiger partial charge < -0.3 is 0 Å². The third kappa shape index (κ3) is 1.45. The second-order valence-corrected chi connectivity index (χ2v) is 2.59. The molecule has 0 saturated heterocycles. The summed E-state index contributed by atoms with van der Waals surface area (Å²) < 4.78 is 25.4. The SMILES string of the molecule is CC1C=C(F)C(C#N)=C(F)C1. The maximum atomic E-state index is 12.7. The largest absolute Gasteiger partial charge is 0.210 e. The third-order valence-electron chi connectivity index (χ3n) is 1.55. The van der Waals surface area contributed by atoms with Crippen molar-refractivity contribution in [2.24, 2.45) is 5.92 Å². The van der Waals surface area contributed by atoms with Crippen LogP contribution in [0.15, 0.2) is 23.3 Å². The Morgan fingerprint density at radius 1 is 1.64 bits per heavy atom. The van der Waals surface area contributed by atoms with Crippen molar-refractivity contribution in [2.75, 3.05) is 0 Å². The van der Waals surface area contributed by atoms with Crippen molar-refractivity contribution < 1.29 is 8.78 Å². The molecule has 1 atom stereocenters. The van der Waals surface area contributed by atoms with Crippen molar-refractivity contribution in [1.29, 1.82) is 5.26 Å². The Labute approximate surface area is 63.6 Å². The van der Waals surface area contributed by atoms with E-state index in [9.17, 15) is 8.78 Å². The summed E-state index contributed by atoms with van der Waals surface area (Å²) in [5, 5.41) is 8.29. The van der Waals surface area contributed by atoms with E-state index in [2.05, 4.69) is 0 Å². The van der Waals surface area contributed by atoms with Crippen LogP contribution in [0.25, 0.3) is 0 Å². The van der Waals surface area contributed by atoms with E-state index in [-0.39, 0.29) is 12.3 Å². The van der Waals surface area contributed by atoms with Crippen molar-refractivity contribution in [3.8, 4) is 6.07 Å². The van der Waals surface area contributed by atoms with E-state index in [1.54, 1.807) is 6.92 Å². The lowest BCUT2D eigenvalue weighted by Crippen LogP contribution is -2.01. The molecule has 0 amide bonds. The first-order valence-corrected chi connectivity index (χ1v) is 3.31. The van der Waals surface area contributed by atoms with E-state index in [0.29, 0.717) is 0 Å². The second-order valence-electron chi connectivity index (χ2n) is 2.59. The van der Waals surface area contributed by atoms with Crippen LogP contribution >= 0.6 is 0 Å². The van der Waals surface area contributed by atoms with Gasteiger partial charge in [-0.15, -0.1) is 0 Å². The molecule has 3 heteroatoms. The summed E-state index contributed by atoms with van der Waals surface area (Å²) in [4.78, 5) is 0.